The number of rotatable bonds is 6. The van der Waals surface area contributed by atoms with Crippen LogP contribution < -0.4 is 5.32 Å². The quantitative estimate of drug-likeness (QED) is 0.470. The first-order valence-electron chi connectivity index (χ1n) is 9.01. The number of hydrogen-bond acceptors (Lipinski definition) is 7. The molecule has 0 spiro atoms. The SMILES string of the molecule is C[C@@H](Cn1ccc(-c2cc(F)c(C#N)c(Cl)c2)n1)NC(=O)c1nc(-c2cnc[nH]2)no1. The molecule has 0 aliphatic heterocycles. The number of H-pyrrole nitrogens is 1. The Hall–Kier alpha value is -4.04. The van der Waals surface area contributed by atoms with Gasteiger partial charge in [0.1, 0.15) is 23.1 Å². The lowest BCUT2D eigenvalue weighted by molar-refractivity contribution is 0.0891. The van der Waals surface area contributed by atoms with Crippen LogP contribution in [0.1, 0.15) is 23.2 Å². The van der Waals surface area contributed by atoms with E-state index < -0.39 is 11.7 Å². The Morgan fingerprint density at radius 1 is 1.48 bits per heavy atom. The minimum Gasteiger partial charge on any atom is -0.344 e. The zero-order chi connectivity index (χ0) is 22.0. The second kappa shape index (κ2) is 8.37. The Morgan fingerprint density at radius 2 is 2.32 bits per heavy atom. The van der Waals surface area contributed by atoms with Crippen molar-refractivity contribution in [3.8, 4) is 28.8 Å². The number of imidazole rings is 1. The normalized spacial score (nSPS) is 11.8. The van der Waals surface area contributed by atoms with Crippen LogP contribution in [0.5, 0.6) is 0 Å². The Labute approximate surface area is 179 Å². The maximum absolute atomic E-state index is 14.0. The van der Waals surface area contributed by atoms with E-state index in [2.05, 4.69) is 30.5 Å². The number of hydrogen-bond donors (Lipinski definition) is 2. The second-order valence-corrected chi connectivity index (χ2v) is 7.02. The van der Waals surface area contributed by atoms with Gasteiger partial charge in [0.2, 0.25) is 5.82 Å². The average molecular weight is 441 g/mol. The zero-order valence-corrected chi connectivity index (χ0v) is 16.8. The minimum atomic E-state index is -0.714. The molecule has 3 aromatic heterocycles. The van der Waals surface area contributed by atoms with Gasteiger partial charge in [-0.05, 0) is 25.1 Å². The summed E-state index contributed by atoms with van der Waals surface area (Å²) in [7, 11) is 0. The number of nitrogens with one attached hydrogen (secondary N) is 2. The summed E-state index contributed by atoms with van der Waals surface area (Å²) in [5.74, 6) is -1.20. The molecule has 0 aliphatic rings. The van der Waals surface area contributed by atoms with Gasteiger partial charge in [-0.15, -0.1) is 0 Å². The first-order chi connectivity index (χ1) is 14.9. The van der Waals surface area contributed by atoms with Crippen molar-refractivity contribution >= 4 is 17.5 Å². The van der Waals surface area contributed by atoms with E-state index in [-0.39, 0.29) is 28.3 Å². The molecule has 3 heterocycles. The van der Waals surface area contributed by atoms with Crippen LogP contribution in [-0.2, 0) is 6.54 Å². The fourth-order valence-electron chi connectivity index (χ4n) is 2.86. The van der Waals surface area contributed by atoms with E-state index in [4.69, 9.17) is 21.4 Å². The number of nitriles is 1. The smallest absolute Gasteiger partial charge is 0.316 e. The van der Waals surface area contributed by atoms with Crippen molar-refractivity contribution < 1.29 is 13.7 Å². The highest BCUT2D eigenvalue weighted by molar-refractivity contribution is 6.32. The van der Waals surface area contributed by atoms with Crippen molar-refractivity contribution in [2.24, 2.45) is 0 Å². The third-order valence-electron chi connectivity index (χ3n) is 4.29. The van der Waals surface area contributed by atoms with Gasteiger partial charge in [0.05, 0.1) is 29.8 Å². The molecular formula is C19H14ClFN8O2. The van der Waals surface area contributed by atoms with E-state index in [1.165, 1.54) is 24.7 Å². The lowest BCUT2D eigenvalue weighted by Crippen LogP contribution is -2.36. The number of carbonyl (C=O) groups is 1. The number of nitrogens with zero attached hydrogens (tertiary/aromatic N) is 6. The van der Waals surface area contributed by atoms with E-state index >= 15 is 0 Å². The molecule has 2 N–H and O–H groups in total. The van der Waals surface area contributed by atoms with Gasteiger partial charge in [0.25, 0.3) is 0 Å². The lowest BCUT2D eigenvalue weighted by Gasteiger charge is -2.12. The predicted octanol–water partition coefficient (Wildman–Crippen LogP) is 2.81. The van der Waals surface area contributed by atoms with Crippen molar-refractivity contribution in [1.82, 2.24) is 35.2 Å². The van der Waals surface area contributed by atoms with Crippen LogP contribution in [0.25, 0.3) is 22.8 Å². The molecule has 1 aromatic carbocycles. The van der Waals surface area contributed by atoms with Crippen LogP contribution in [0, 0.1) is 17.1 Å². The fourth-order valence-corrected chi connectivity index (χ4v) is 3.11. The summed E-state index contributed by atoms with van der Waals surface area (Å²) < 4.78 is 20.6. The first-order valence-corrected chi connectivity index (χ1v) is 9.38. The Bertz CT molecular complexity index is 1250. The highest BCUT2D eigenvalue weighted by Gasteiger charge is 2.19. The summed E-state index contributed by atoms with van der Waals surface area (Å²) in [5, 5.41) is 19.8. The predicted molar refractivity (Wildman–Crippen MR) is 106 cm³/mol. The Morgan fingerprint density at radius 3 is 3.03 bits per heavy atom. The molecule has 1 atom stereocenters. The summed E-state index contributed by atoms with van der Waals surface area (Å²) in [5.41, 5.74) is 1.23. The number of aromatic nitrogens is 6. The van der Waals surface area contributed by atoms with Gasteiger partial charge in [0, 0.05) is 17.8 Å². The molecule has 156 valence electrons. The van der Waals surface area contributed by atoms with Gasteiger partial charge in [0.15, 0.2) is 0 Å². The summed E-state index contributed by atoms with van der Waals surface area (Å²) in [6.07, 6.45) is 4.66. The van der Waals surface area contributed by atoms with Gasteiger partial charge >= 0.3 is 11.8 Å². The highest BCUT2D eigenvalue weighted by atomic mass is 35.5. The van der Waals surface area contributed by atoms with Gasteiger partial charge < -0.3 is 14.8 Å². The first kappa shape index (κ1) is 20.2. The molecule has 0 saturated heterocycles. The van der Waals surface area contributed by atoms with E-state index in [9.17, 15) is 9.18 Å². The number of halogens is 2. The summed E-state index contributed by atoms with van der Waals surface area (Å²) in [6, 6.07) is 5.75. The van der Waals surface area contributed by atoms with Gasteiger partial charge in [-0.25, -0.2) is 9.37 Å². The van der Waals surface area contributed by atoms with Crippen LogP contribution in [0.3, 0.4) is 0 Å². The van der Waals surface area contributed by atoms with Crippen molar-refractivity contribution in [3.05, 3.63) is 59.2 Å². The third-order valence-corrected chi connectivity index (χ3v) is 4.59. The van der Waals surface area contributed by atoms with Crippen molar-refractivity contribution in [3.63, 3.8) is 0 Å². The average Bonchev–Trinajstić information content (AvgIpc) is 3.48. The van der Waals surface area contributed by atoms with Crippen LogP contribution in [0.2, 0.25) is 5.02 Å². The fraction of sp³-hybridized carbons (Fsp3) is 0.158. The topological polar surface area (TPSA) is 138 Å². The van der Waals surface area contributed by atoms with Gasteiger partial charge in [-0.2, -0.15) is 15.3 Å². The van der Waals surface area contributed by atoms with Crippen LogP contribution >= 0.6 is 11.6 Å². The minimum absolute atomic E-state index is 0.0155. The lowest BCUT2D eigenvalue weighted by atomic mass is 10.1. The second-order valence-electron chi connectivity index (χ2n) is 6.61. The third kappa shape index (κ3) is 4.29. The van der Waals surface area contributed by atoms with Crippen LogP contribution in [0.15, 0.2) is 41.4 Å². The molecule has 0 bridgehead atoms. The largest absolute Gasteiger partial charge is 0.344 e. The number of aromatic amines is 1. The van der Waals surface area contributed by atoms with E-state index in [0.717, 1.165) is 0 Å². The molecule has 0 fully saturated rings. The molecular weight excluding hydrogens is 427 g/mol. The molecule has 10 nitrogen and oxygen atoms in total. The van der Waals surface area contributed by atoms with Gasteiger partial charge in [-0.3, -0.25) is 9.48 Å². The highest BCUT2D eigenvalue weighted by Crippen LogP contribution is 2.26. The molecule has 0 radical (unpaired) electrons. The number of benzene rings is 1. The Balaban J connectivity index is 1.41. The van der Waals surface area contributed by atoms with E-state index in [1.807, 2.05) is 0 Å². The monoisotopic (exact) mass is 440 g/mol. The maximum Gasteiger partial charge on any atom is 0.316 e. The number of amides is 1. The standard InChI is InChI=1S/C19H14ClFN8O2/c1-10(25-18(30)19-26-17(28-31-19)16-7-23-9-24-16)8-29-3-2-15(27-29)11-4-13(20)12(6-22)14(21)5-11/h2-5,7,9-10H,8H2,1H3,(H,23,24)(H,25,30)/t10-/m0/s1. The van der Waals surface area contributed by atoms with Crippen LogP contribution in [-0.4, -0.2) is 41.8 Å². The molecule has 0 saturated carbocycles. The van der Waals surface area contributed by atoms with Crippen LogP contribution in [0.4, 0.5) is 4.39 Å². The summed E-state index contributed by atoms with van der Waals surface area (Å²) in [4.78, 5) is 23.1. The van der Waals surface area contributed by atoms with E-state index in [0.29, 0.717) is 23.5 Å². The molecule has 0 aliphatic carbocycles. The molecule has 4 rings (SSSR count). The molecule has 1 amide bonds. The van der Waals surface area contributed by atoms with Crippen molar-refractivity contribution in [2.75, 3.05) is 0 Å². The van der Waals surface area contributed by atoms with Crippen molar-refractivity contribution in [1.29, 1.82) is 5.26 Å². The summed E-state index contributed by atoms with van der Waals surface area (Å²) in [6.45, 7) is 2.11. The van der Waals surface area contributed by atoms with Gasteiger partial charge in [-0.1, -0.05) is 16.8 Å². The molecule has 31 heavy (non-hydrogen) atoms. The zero-order valence-electron chi connectivity index (χ0n) is 16.0. The van der Waals surface area contributed by atoms with E-state index in [1.54, 1.807) is 29.9 Å². The number of carbonyl (C=O) groups excluding carboxylic acids is 1. The maximum atomic E-state index is 14.0. The molecule has 0 unspecified atom stereocenters. The molecule has 4 aromatic rings. The summed E-state index contributed by atoms with van der Waals surface area (Å²) >= 11 is 5.96. The van der Waals surface area contributed by atoms with Crippen molar-refractivity contribution in [2.45, 2.75) is 19.5 Å². The Kier molecular flexibility index (Phi) is 5.46. The molecule has 12 heteroatoms.